The molecular weight excluding hydrogens is 530 g/mol. The summed E-state index contributed by atoms with van der Waals surface area (Å²) in [4.78, 5) is 11.2. The molecule has 33 heavy (non-hydrogen) atoms. The summed E-state index contributed by atoms with van der Waals surface area (Å²) in [6.45, 7) is 12.2. The first-order chi connectivity index (χ1) is 13.8. The molecule has 7 nitrogen and oxygen atoms in total. The highest BCUT2D eigenvalue weighted by Crippen LogP contribution is 1.90. The highest BCUT2D eigenvalue weighted by atomic mass is 35.5. The molecular formula is C21H53Cl5N6O. The maximum atomic E-state index is 11.2. The van der Waals surface area contributed by atoms with Crippen LogP contribution in [0, 0.1) is 0 Å². The number of hydrogen-bond acceptors (Lipinski definition) is 6. The van der Waals surface area contributed by atoms with E-state index in [4.69, 9.17) is 5.73 Å². The van der Waals surface area contributed by atoms with E-state index in [-0.39, 0.29) is 67.9 Å². The molecule has 0 bridgehead atoms. The lowest BCUT2D eigenvalue weighted by molar-refractivity contribution is -0.120. The standard InChI is InChI=1S/C21H48N6O.5ClH/c1-2-23-13-3-4-14-24-15-5-6-16-25-17-7-8-18-26-19-9-10-20-27-21(28)11-12-22;;;;;/h23-26H,2-20,22H2,1H3,(H,27,28);5*1H. The lowest BCUT2D eigenvalue weighted by Crippen LogP contribution is -2.27. The molecule has 208 valence electrons. The summed E-state index contributed by atoms with van der Waals surface area (Å²) in [7, 11) is 0. The lowest BCUT2D eigenvalue weighted by atomic mass is 10.2. The molecule has 0 radical (unpaired) electrons. The fourth-order valence-corrected chi connectivity index (χ4v) is 2.87. The van der Waals surface area contributed by atoms with Crippen molar-refractivity contribution in [3.63, 3.8) is 0 Å². The first kappa shape index (κ1) is 47.0. The fourth-order valence-electron chi connectivity index (χ4n) is 2.87. The van der Waals surface area contributed by atoms with Gasteiger partial charge in [-0.2, -0.15) is 0 Å². The molecule has 0 atom stereocenters. The van der Waals surface area contributed by atoms with Gasteiger partial charge >= 0.3 is 0 Å². The first-order valence-electron chi connectivity index (χ1n) is 11.6. The summed E-state index contributed by atoms with van der Waals surface area (Å²) in [5.74, 6) is 0.0646. The molecule has 0 saturated heterocycles. The molecule has 0 aromatic carbocycles. The van der Waals surface area contributed by atoms with Crippen molar-refractivity contribution < 1.29 is 4.79 Å². The van der Waals surface area contributed by atoms with E-state index in [2.05, 4.69) is 33.5 Å². The van der Waals surface area contributed by atoms with Gasteiger partial charge in [-0.25, -0.2) is 0 Å². The monoisotopic (exact) mass is 580 g/mol. The average molecular weight is 583 g/mol. The van der Waals surface area contributed by atoms with Crippen LogP contribution in [0.25, 0.3) is 0 Å². The Morgan fingerprint density at radius 3 is 1.15 bits per heavy atom. The molecule has 0 unspecified atom stereocenters. The number of unbranched alkanes of at least 4 members (excludes halogenated alkanes) is 4. The predicted molar refractivity (Wildman–Crippen MR) is 157 cm³/mol. The van der Waals surface area contributed by atoms with Crippen molar-refractivity contribution in [3.8, 4) is 0 Å². The third kappa shape index (κ3) is 43.2. The second kappa shape index (κ2) is 42.8. The van der Waals surface area contributed by atoms with Gasteiger partial charge in [-0.3, -0.25) is 4.79 Å². The van der Waals surface area contributed by atoms with Crippen LogP contribution >= 0.6 is 62.0 Å². The largest absolute Gasteiger partial charge is 0.356 e. The van der Waals surface area contributed by atoms with E-state index >= 15 is 0 Å². The Morgan fingerprint density at radius 2 is 0.848 bits per heavy atom. The Hall–Kier alpha value is 0.720. The zero-order chi connectivity index (χ0) is 20.5. The van der Waals surface area contributed by atoms with Crippen molar-refractivity contribution in [2.45, 2.75) is 64.7 Å². The number of nitrogens with two attached hydrogens (primary N) is 1. The van der Waals surface area contributed by atoms with Crippen LogP contribution in [0.1, 0.15) is 64.7 Å². The van der Waals surface area contributed by atoms with E-state index in [0.29, 0.717) is 13.0 Å². The van der Waals surface area contributed by atoms with Crippen molar-refractivity contribution in [2.24, 2.45) is 5.73 Å². The topological polar surface area (TPSA) is 103 Å². The van der Waals surface area contributed by atoms with Crippen molar-refractivity contribution in [2.75, 3.05) is 65.4 Å². The first-order valence-corrected chi connectivity index (χ1v) is 11.6. The molecule has 0 aliphatic rings. The minimum Gasteiger partial charge on any atom is -0.356 e. The molecule has 12 heteroatoms. The predicted octanol–water partition coefficient (Wildman–Crippen LogP) is 3.06. The van der Waals surface area contributed by atoms with E-state index in [1.54, 1.807) is 0 Å². The normalized spacial score (nSPS) is 9.39. The van der Waals surface area contributed by atoms with Crippen LogP contribution < -0.4 is 32.3 Å². The lowest BCUT2D eigenvalue weighted by Gasteiger charge is -2.08. The average Bonchev–Trinajstić information content (AvgIpc) is 2.69. The van der Waals surface area contributed by atoms with E-state index in [1.165, 1.54) is 38.5 Å². The van der Waals surface area contributed by atoms with Gasteiger partial charge in [0.2, 0.25) is 5.91 Å². The Bertz CT molecular complexity index is 338. The maximum Gasteiger partial charge on any atom is 0.221 e. The molecule has 0 aromatic rings. The van der Waals surface area contributed by atoms with Gasteiger partial charge in [0, 0.05) is 19.5 Å². The molecule has 0 rings (SSSR count). The Morgan fingerprint density at radius 1 is 0.545 bits per heavy atom. The van der Waals surface area contributed by atoms with Crippen LogP contribution in [0.3, 0.4) is 0 Å². The molecule has 7 N–H and O–H groups in total. The number of carbonyl (C=O) groups is 1. The fraction of sp³-hybridized carbons (Fsp3) is 0.952. The van der Waals surface area contributed by atoms with Crippen molar-refractivity contribution in [1.82, 2.24) is 26.6 Å². The minimum absolute atomic E-state index is 0. The third-order valence-corrected chi connectivity index (χ3v) is 4.60. The van der Waals surface area contributed by atoms with Crippen LogP contribution in [0.15, 0.2) is 0 Å². The van der Waals surface area contributed by atoms with Crippen LogP contribution in [-0.2, 0) is 4.79 Å². The number of rotatable bonds is 23. The smallest absolute Gasteiger partial charge is 0.221 e. The van der Waals surface area contributed by atoms with Crippen LogP contribution in [-0.4, -0.2) is 71.4 Å². The highest BCUT2D eigenvalue weighted by molar-refractivity contribution is 5.86. The number of halogens is 5. The molecule has 0 fully saturated rings. The summed E-state index contributed by atoms with van der Waals surface area (Å²) in [5.41, 5.74) is 5.33. The summed E-state index contributed by atoms with van der Waals surface area (Å²) in [5, 5.41) is 16.8. The van der Waals surface area contributed by atoms with Gasteiger partial charge in [0.05, 0.1) is 0 Å². The second-order valence-corrected chi connectivity index (χ2v) is 7.32. The van der Waals surface area contributed by atoms with E-state index < -0.39 is 0 Å². The maximum absolute atomic E-state index is 11.2. The van der Waals surface area contributed by atoms with Crippen molar-refractivity contribution in [3.05, 3.63) is 0 Å². The Labute approximate surface area is 234 Å². The number of nitrogens with one attached hydrogen (secondary N) is 5. The van der Waals surface area contributed by atoms with Crippen LogP contribution in [0.2, 0.25) is 0 Å². The zero-order valence-electron chi connectivity index (χ0n) is 20.5. The highest BCUT2D eigenvalue weighted by Gasteiger charge is 1.97. The van der Waals surface area contributed by atoms with Gasteiger partial charge in [0.1, 0.15) is 0 Å². The van der Waals surface area contributed by atoms with Gasteiger partial charge < -0.3 is 32.3 Å². The molecule has 0 spiro atoms. The second-order valence-electron chi connectivity index (χ2n) is 7.32. The Kier molecular flexibility index (Phi) is 61.0. The number of hydrogen-bond donors (Lipinski definition) is 6. The van der Waals surface area contributed by atoms with Crippen molar-refractivity contribution in [1.29, 1.82) is 0 Å². The van der Waals surface area contributed by atoms with E-state index in [9.17, 15) is 4.79 Å². The molecule has 0 aliphatic heterocycles. The van der Waals surface area contributed by atoms with Crippen LogP contribution in [0.4, 0.5) is 0 Å². The molecule has 0 aliphatic carbocycles. The Balaban J connectivity index is -0.000000364. The molecule has 0 heterocycles. The van der Waals surface area contributed by atoms with Gasteiger partial charge in [0.25, 0.3) is 0 Å². The van der Waals surface area contributed by atoms with Gasteiger partial charge in [0.15, 0.2) is 0 Å². The van der Waals surface area contributed by atoms with E-state index in [0.717, 1.165) is 71.7 Å². The minimum atomic E-state index is 0. The summed E-state index contributed by atoms with van der Waals surface area (Å²) in [6.07, 6.45) is 10.1. The van der Waals surface area contributed by atoms with E-state index in [1.807, 2.05) is 0 Å². The summed E-state index contributed by atoms with van der Waals surface area (Å²) in [6, 6.07) is 0. The zero-order valence-corrected chi connectivity index (χ0v) is 24.5. The van der Waals surface area contributed by atoms with Gasteiger partial charge in [-0.15, -0.1) is 62.0 Å². The number of carbonyl (C=O) groups excluding carboxylic acids is 1. The SMILES string of the molecule is CCNCCCCNCCCCNCCCCNCCCCNC(=O)CCN.Cl.Cl.Cl.Cl.Cl. The van der Waals surface area contributed by atoms with Crippen LogP contribution in [0.5, 0.6) is 0 Å². The van der Waals surface area contributed by atoms with Gasteiger partial charge in [-0.05, 0) is 104 Å². The molecule has 1 amide bonds. The third-order valence-electron chi connectivity index (χ3n) is 4.60. The number of amides is 1. The quantitative estimate of drug-likeness (QED) is 0.104. The molecule has 0 aromatic heterocycles. The summed E-state index contributed by atoms with van der Waals surface area (Å²) >= 11 is 0. The van der Waals surface area contributed by atoms with Gasteiger partial charge in [-0.1, -0.05) is 6.92 Å². The molecule has 0 saturated carbocycles. The van der Waals surface area contributed by atoms with Crippen molar-refractivity contribution >= 4 is 67.9 Å². The summed E-state index contributed by atoms with van der Waals surface area (Å²) < 4.78 is 0.